The Balaban J connectivity index is 3.14. The minimum Gasteiger partial charge on any atom is -0.321 e. The molecule has 0 aliphatic carbocycles. The first-order valence-electron chi connectivity index (χ1n) is 4.50. The lowest BCUT2D eigenvalue weighted by atomic mass is 9.83. The number of nitrogens with two attached hydrogens (primary N) is 1. The SMILES string of the molecule is CC(C)[C@](C)(N)c1ccccc1Cl. The number of hydrogen-bond acceptors (Lipinski definition) is 1. The summed E-state index contributed by atoms with van der Waals surface area (Å²) in [6.45, 7) is 6.21. The van der Waals surface area contributed by atoms with E-state index in [1.54, 1.807) is 0 Å². The Morgan fingerprint density at radius 3 is 2.31 bits per heavy atom. The van der Waals surface area contributed by atoms with Crippen molar-refractivity contribution in [2.24, 2.45) is 11.7 Å². The third-order valence-electron chi connectivity index (χ3n) is 2.65. The number of hydrogen-bond donors (Lipinski definition) is 1. The maximum Gasteiger partial charge on any atom is 0.0456 e. The van der Waals surface area contributed by atoms with Crippen LogP contribution in [0.2, 0.25) is 5.02 Å². The fourth-order valence-corrected chi connectivity index (χ4v) is 1.55. The molecule has 1 nitrogen and oxygen atoms in total. The average Bonchev–Trinajstić information content (AvgIpc) is 2.04. The Morgan fingerprint density at radius 1 is 1.31 bits per heavy atom. The van der Waals surface area contributed by atoms with Crippen molar-refractivity contribution < 1.29 is 0 Å². The van der Waals surface area contributed by atoms with Gasteiger partial charge in [-0.3, -0.25) is 0 Å². The molecule has 0 aromatic heterocycles. The molecule has 0 saturated heterocycles. The second kappa shape index (κ2) is 3.69. The summed E-state index contributed by atoms with van der Waals surface area (Å²) in [5, 5.41) is 0.751. The molecule has 1 aromatic carbocycles. The summed E-state index contributed by atoms with van der Waals surface area (Å²) in [5.41, 5.74) is 6.87. The first-order valence-corrected chi connectivity index (χ1v) is 4.88. The molecule has 1 rings (SSSR count). The van der Waals surface area contributed by atoms with Crippen LogP contribution in [-0.2, 0) is 5.54 Å². The number of rotatable bonds is 2. The van der Waals surface area contributed by atoms with Crippen molar-refractivity contribution in [2.75, 3.05) is 0 Å². The summed E-state index contributed by atoms with van der Waals surface area (Å²) in [4.78, 5) is 0. The summed E-state index contributed by atoms with van der Waals surface area (Å²) >= 11 is 6.07. The predicted octanol–water partition coefficient (Wildman–Crippen LogP) is 3.17. The molecule has 0 heterocycles. The Hall–Kier alpha value is -0.530. The lowest BCUT2D eigenvalue weighted by Crippen LogP contribution is -2.38. The van der Waals surface area contributed by atoms with E-state index >= 15 is 0 Å². The van der Waals surface area contributed by atoms with Crippen LogP contribution in [-0.4, -0.2) is 0 Å². The van der Waals surface area contributed by atoms with Crippen molar-refractivity contribution >= 4 is 11.6 Å². The summed E-state index contributed by atoms with van der Waals surface area (Å²) in [5.74, 6) is 0.368. The summed E-state index contributed by atoms with van der Waals surface area (Å²) in [7, 11) is 0. The van der Waals surface area contributed by atoms with Crippen LogP contribution in [0.3, 0.4) is 0 Å². The van der Waals surface area contributed by atoms with Gasteiger partial charge in [0.15, 0.2) is 0 Å². The quantitative estimate of drug-likeness (QED) is 0.775. The molecule has 0 radical (unpaired) electrons. The normalized spacial score (nSPS) is 15.8. The summed E-state index contributed by atoms with van der Waals surface area (Å²) in [6, 6.07) is 7.75. The van der Waals surface area contributed by atoms with Crippen LogP contribution in [0.25, 0.3) is 0 Å². The van der Waals surface area contributed by atoms with Gasteiger partial charge in [0.2, 0.25) is 0 Å². The molecule has 0 fully saturated rings. The summed E-state index contributed by atoms with van der Waals surface area (Å²) < 4.78 is 0. The van der Waals surface area contributed by atoms with E-state index in [4.69, 9.17) is 17.3 Å². The van der Waals surface area contributed by atoms with Crippen molar-refractivity contribution in [1.29, 1.82) is 0 Å². The Bertz CT molecular complexity index is 292. The number of benzene rings is 1. The van der Waals surface area contributed by atoms with Crippen LogP contribution < -0.4 is 5.73 Å². The Morgan fingerprint density at radius 2 is 1.85 bits per heavy atom. The van der Waals surface area contributed by atoms with Crippen molar-refractivity contribution in [1.82, 2.24) is 0 Å². The first-order chi connectivity index (χ1) is 5.96. The van der Waals surface area contributed by atoms with Gasteiger partial charge in [-0.05, 0) is 24.5 Å². The van der Waals surface area contributed by atoms with E-state index in [9.17, 15) is 0 Å². The highest BCUT2D eigenvalue weighted by atomic mass is 35.5. The largest absolute Gasteiger partial charge is 0.321 e. The van der Waals surface area contributed by atoms with Crippen LogP contribution in [0.15, 0.2) is 24.3 Å². The van der Waals surface area contributed by atoms with E-state index in [0.29, 0.717) is 5.92 Å². The van der Waals surface area contributed by atoms with E-state index < -0.39 is 0 Å². The van der Waals surface area contributed by atoms with Crippen molar-refractivity contribution in [3.63, 3.8) is 0 Å². The lowest BCUT2D eigenvalue weighted by Gasteiger charge is -2.30. The van der Waals surface area contributed by atoms with Gasteiger partial charge in [0, 0.05) is 10.6 Å². The molecule has 0 saturated carbocycles. The third-order valence-corrected chi connectivity index (χ3v) is 2.98. The topological polar surface area (TPSA) is 26.0 Å². The van der Waals surface area contributed by atoms with Crippen LogP contribution >= 0.6 is 11.6 Å². The van der Waals surface area contributed by atoms with E-state index in [1.807, 2.05) is 31.2 Å². The molecule has 1 aromatic rings. The third kappa shape index (κ3) is 2.04. The fraction of sp³-hybridized carbons (Fsp3) is 0.455. The summed E-state index contributed by atoms with van der Waals surface area (Å²) in [6.07, 6.45) is 0. The average molecular weight is 198 g/mol. The molecule has 0 aliphatic heterocycles. The minimum atomic E-state index is -0.349. The fourth-order valence-electron chi connectivity index (χ4n) is 1.21. The highest BCUT2D eigenvalue weighted by Gasteiger charge is 2.26. The first kappa shape index (κ1) is 10.6. The van der Waals surface area contributed by atoms with E-state index in [-0.39, 0.29) is 5.54 Å². The van der Waals surface area contributed by atoms with E-state index in [1.165, 1.54) is 0 Å². The zero-order valence-corrected chi connectivity index (χ0v) is 9.10. The van der Waals surface area contributed by atoms with Crippen LogP contribution in [0.4, 0.5) is 0 Å². The lowest BCUT2D eigenvalue weighted by molar-refractivity contribution is 0.351. The van der Waals surface area contributed by atoms with E-state index in [2.05, 4.69) is 13.8 Å². The second-order valence-electron chi connectivity index (χ2n) is 3.92. The molecule has 0 amide bonds. The van der Waals surface area contributed by atoms with E-state index in [0.717, 1.165) is 10.6 Å². The monoisotopic (exact) mass is 197 g/mol. The maximum atomic E-state index is 6.20. The molecule has 0 aliphatic rings. The highest BCUT2D eigenvalue weighted by molar-refractivity contribution is 6.31. The maximum absolute atomic E-state index is 6.20. The van der Waals surface area contributed by atoms with Crippen molar-refractivity contribution in [3.05, 3.63) is 34.9 Å². The Labute approximate surface area is 84.9 Å². The van der Waals surface area contributed by atoms with Crippen LogP contribution in [0.5, 0.6) is 0 Å². The smallest absolute Gasteiger partial charge is 0.0456 e. The van der Waals surface area contributed by atoms with Crippen molar-refractivity contribution in [2.45, 2.75) is 26.3 Å². The molecule has 13 heavy (non-hydrogen) atoms. The van der Waals surface area contributed by atoms with Gasteiger partial charge in [-0.25, -0.2) is 0 Å². The van der Waals surface area contributed by atoms with Crippen molar-refractivity contribution in [3.8, 4) is 0 Å². The molecule has 72 valence electrons. The van der Waals surface area contributed by atoms with Crippen LogP contribution in [0.1, 0.15) is 26.3 Å². The van der Waals surface area contributed by atoms with Gasteiger partial charge in [0.05, 0.1) is 0 Å². The molecule has 1 atom stereocenters. The minimum absolute atomic E-state index is 0.349. The van der Waals surface area contributed by atoms with Gasteiger partial charge in [0.1, 0.15) is 0 Å². The van der Waals surface area contributed by atoms with Gasteiger partial charge in [-0.1, -0.05) is 43.6 Å². The standard InChI is InChI=1S/C11H16ClN/c1-8(2)11(3,13)9-6-4-5-7-10(9)12/h4-8H,13H2,1-3H3/t11-/m0/s1. The highest BCUT2D eigenvalue weighted by Crippen LogP contribution is 2.31. The van der Waals surface area contributed by atoms with Gasteiger partial charge >= 0.3 is 0 Å². The molecule has 2 heteroatoms. The van der Waals surface area contributed by atoms with Gasteiger partial charge < -0.3 is 5.73 Å². The van der Waals surface area contributed by atoms with Gasteiger partial charge in [0.25, 0.3) is 0 Å². The number of halogens is 1. The Kier molecular flexibility index (Phi) is 2.99. The molecule has 0 spiro atoms. The zero-order chi connectivity index (χ0) is 10.1. The molecule has 0 bridgehead atoms. The molecular weight excluding hydrogens is 182 g/mol. The van der Waals surface area contributed by atoms with Crippen LogP contribution in [0, 0.1) is 5.92 Å². The zero-order valence-electron chi connectivity index (χ0n) is 8.34. The molecule has 0 unspecified atom stereocenters. The van der Waals surface area contributed by atoms with Gasteiger partial charge in [-0.2, -0.15) is 0 Å². The predicted molar refractivity (Wildman–Crippen MR) is 57.8 cm³/mol. The second-order valence-corrected chi connectivity index (χ2v) is 4.32. The molecular formula is C11H16ClN. The van der Waals surface area contributed by atoms with Gasteiger partial charge in [-0.15, -0.1) is 0 Å². The molecule has 2 N–H and O–H groups in total.